The van der Waals surface area contributed by atoms with Crippen molar-refractivity contribution in [2.24, 2.45) is 0 Å². The minimum absolute atomic E-state index is 0.408. The Hall–Kier alpha value is -2.46. The molecule has 4 nitrogen and oxygen atoms in total. The molecule has 0 spiro atoms. The summed E-state index contributed by atoms with van der Waals surface area (Å²) in [6.07, 6.45) is 3.26. The van der Waals surface area contributed by atoms with Crippen LogP contribution in [-0.4, -0.2) is 23.4 Å². The molecule has 1 aromatic heterocycles. The lowest BCUT2D eigenvalue weighted by atomic mass is 10.0. The Morgan fingerprint density at radius 3 is 2.75 bits per heavy atom. The molecule has 2 heterocycles. The van der Waals surface area contributed by atoms with Gasteiger partial charge in [-0.15, -0.1) is 0 Å². The molecular formula is C23H26ClN3O. The van der Waals surface area contributed by atoms with Crippen LogP contribution in [0.5, 0.6) is 5.75 Å². The largest absolute Gasteiger partial charge is 0.496 e. The summed E-state index contributed by atoms with van der Waals surface area (Å²) in [4.78, 5) is 0. The first-order chi connectivity index (χ1) is 13.6. The van der Waals surface area contributed by atoms with Crippen molar-refractivity contribution in [1.29, 1.82) is 0 Å². The number of ether oxygens (including phenoxy) is 1. The van der Waals surface area contributed by atoms with Gasteiger partial charge in [-0.1, -0.05) is 43.6 Å². The zero-order valence-corrected chi connectivity index (χ0v) is 17.4. The van der Waals surface area contributed by atoms with E-state index in [0.29, 0.717) is 10.9 Å². The Balaban J connectivity index is 1.98. The van der Waals surface area contributed by atoms with Crippen molar-refractivity contribution >= 4 is 17.4 Å². The molecule has 1 aliphatic rings. The van der Waals surface area contributed by atoms with Crippen molar-refractivity contribution < 1.29 is 4.74 Å². The minimum Gasteiger partial charge on any atom is -0.496 e. The van der Waals surface area contributed by atoms with Crippen molar-refractivity contribution in [1.82, 2.24) is 9.78 Å². The van der Waals surface area contributed by atoms with Crippen LogP contribution in [0.15, 0.2) is 42.5 Å². The van der Waals surface area contributed by atoms with Crippen molar-refractivity contribution in [3.05, 3.63) is 58.6 Å². The molecule has 4 rings (SSSR count). The zero-order chi connectivity index (χ0) is 19.7. The predicted molar refractivity (Wildman–Crippen MR) is 116 cm³/mol. The van der Waals surface area contributed by atoms with E-state index in [4.69, 9.17) is 21.4 Å². The first-order valence-electron chi connectivity index (χ1n) is 9.89. The number of nitrogens with zero attached hydrogens (tertiary/aromatic N) is 2. The molecule has 0 aliphatic carbocycles. The summed E-state index contributed by atoms with van der Waals surface area (Å²) in [6, 6.07) is 14.2. The van der Waals surface area contributed by atoms with E-state index in [9.17, 15) is 0 Å². The third-order valence-electron chi connectivity index (χ3n) is 5.33. The molecule has 0 saturated heterocycles. The number of rotatable bonds is 4. The molecule has 2 aromatic carbocycles. The van der Waals surface area contributed by atoms with E-state index < -0.39 is 0 Å². The Labute approximate surface area is 171 Å². The first-order valence-corrected chi connectivity index (χ1v) is 10.3. The molecule has 0 radical (unpaired) electrons. The maximum absolute atomic E-state index is 6.32. The molecule has 146 valence electrons. The highest BCUT2D eigenvalue weighted by Gasteiger charge is 2.25. The molecule has 28 heavy (non-hydrogen) atoms. The monoisotopic (exact) mass is 395 g/mol. The lowest BCUT2D eigenvalue weighted by Crippen LogP contribution is -2.09. The van der Waals surface area contributed by atoms with Crippen LogP contribution in [0.2, 0.25) is 5.02 Å². The van der Waals surface area contributed by atoms with E-state index in [1.807, 2.05) is 18.2 Å². The third-order valence-corrected chi connectivity index (χ3v) is 5.57. The molecule has 0 amide bonds. The van der Waals surface area contributed by atoms with Gasteiger partial charge in [-0.3, -0.25) is 0 Å². The van der Waals surface area contributed by atoms with Gasteiger partial charge in [-0.25, -0.2) is 4.68 Å². The van der Waals surface area contributed by atoms with Gasteiger partial charge in [0.1, 0.15) is 17.3 Å². The molecule has 1 N–H and O–H groups in total. The van der Waals surface area contributed by atoms with Crippen LogP contribution in [0, 0.1) is 0 Å². The van der Waals surface area contributed by atoms with Crippen molar-refractivity contribution in [3.63, 3.8) is 0 Å². The molecule has 0 bridgehead atoms. The van der Waals surface area contributed by atoms with E-state index in [-0.39, 0.29) is 0 Å². The number of anilines is 1. The topological polar surface area (TPSA) is 39.1 Å². The van der Waals surface area contributed by atoms with E-state index >= 15 is 0 Å². The number of hydrogen-bond donors (Lipinski definition) is 1. The second-order valence-electron chi connectivity index (χ2n) is 7.53. The van der Waals surface area contributed by atoms with Crippen LogP contribution in [0.1, 0.15) is 43.7 Å². The number of aromatic nitrogens is 2. The summed E-state index contributed by atoms with van der Waals surface area (Å²) in [5.74, 6) is 2.28. The number of nitrogens with one attached hydrogen (secondary N) is 1. The summed E-state index contributed by atoms with van der Waals surface area (Å²) < 4.78 is 7.70. The SMILES string of the molecule is COc1ccc(Cl)cc1-c1nn(-c2ccccc2C(C)C)c2c1CCCCN2. The molecular weight excluding hydrogens is 370 g/mol. The van der Waals surface area contributed by atoms with Crippen molar-refractivity contribution in [3.8, 4) is 22.7 Å². The van der Waals surface area contributed by atoms with Crippen LogP contribution in [0.3, 0.4) is 0 Å². The highest BCUT2D eigenvalue weighted by Crippen LogP contribution is 2.40. The fourth-order valence-electron chi connectivity index (χ4n) is 3.93. The maximum Gasteiger partial charge on any atom is 0.133 e. The summed E-state index contributed by atoms with van der Waals surface area (Å²) in [5, 5.41) is 9.39. The lowest BCUT2D eigenvalue weighted by Gasteiger charge is -2.15. The smallest absolute Gasteiger partial charge is 0.133 e. The Morgan fingerprint density at radius 2 is 1.96 bits per heavy atom. The molecule has 0 unspecified atom stereocenters. The van der Waals surface area contributed by atoms with E-state index in [1.54, 1.807) is 7.11 Å². The summed E-state index contributed by atoms with van der Waals surface area (Å²) in [6.45, 7) is 5.39. The average Bonchev–Trinajstić information content (AvgIpc) is 2.88. The van der Waals surface area contributed by atoms with Crippen LogP contribution >= 0.6 is 11.6 Å². The summed E-state index contributed by atoms with van der Waals surface area (Å²) in [7, 11) is 1.69. The second-order valence-corrected chi connectivity index (χ2v) is 7.97. The quantitative estimate of drug-likeness (QED) is 0.582. The Kier molecular flexibility index (Phi) is 5.31. The number of halogens is 1. The molecule has 3 aromatic rings. The number of hydrogen-bond acceptors (Lipinski definition) is 3. The normalized spacial score (nSPS) is 13.8. The van der Waals surface area contributed by atoms with Gasteiger partial charge in [0.05, 0.1) is 12.8 Å². The van der Waals surface area contributed by atoms with Crippen molar-refractivity contribution in [2.75, 3.05) is 19.0 Å². The van der Waals surface area contributed by atoms with Gasteiger partial charge in [0.15, 0.2) is 0 Å². The van der Waals surface area contributed by atoms with Crippen LogP contribution in [-0.2, 0) is 6.42 Å². The van der Waals surface area contributed by atoms with Gasteiger partial charge in [0.25, 0.3) is 0 Å². The molecule has 5 heteroatoms. The third kappa shape index (κ3) is 3.37. The van der Waals surface area contributed by atoms with Crippen LogP contribution in [0.4, 0.5) is 5.82 Å². The second kappa shape index (κ2) is 7.88. The lowest BCUT2D eigenvalue weighted by molar-refractivity contribution is 0.416. The van der Waals surface area contributed by atoms with Gasteiger partial charge in [0, 0.05) is 22.7 Å². The molecule has 0 fully saturated rings. The minimum atomic E-state index is 0.408. The zero-order valence-electron chi connectivity index (χ0n) is 16.6. The fraction of sp³-hybridized carbons (Fsp3) is 0.348. The molecule has 1 aliphatic heterocycles. The maximum atomic E-state index is 6.32. The van der Waals surface area contributed by atoms with E-state index in [1.165, 1.54) is 11.1 Å². The van der Waals surface area contributed by atoms with Crippen molar-refractivity contribution in [2.45, 2.75) is 39.0 Å². The number of fused-ring (bicyclic) bond motifs is 1. The van der Waals surface area contributed by atoms with Gasteiger partial charge in [0.2, 0.25) is 0 Å². The first kappa shape index (κ1) is 18.9. The van der Waals surface area contributed by atoms with Gasteiger partial charge in [-0.05, 0) is 55.0 Å². The van der Waals surface area contributed by atoms with Gasteiger partial charge in [-0.2, -0.15) is 5.10 Å². The Morgan fingerprint density at radius 1 is 1.14 bits per heavy atom. The Bertz CT molecular complexity index is 994. The standard InChI is InChI=1S/C23H26ClN3O/c1-15(2)17-8-4-5-10-20(17)27-23-18(9-6-7-13-25-23)22(26-27)19-14-16(24)11-12-21(19)28-3/h4-5,8,10-12,14-15,25H,6-7,9,13H2,1-3H3. The van der Waals surface area contributed by atoms with Gasteiger partial charge >= 0.3 is 0 Å². The van der Waals surface area contributed by atoms with Crippen LogP contribution in [0.25, 0.3) is 16.9 Å². The number of benzene rings is 2. The molecule has 0 atom stereocenters. The highest BCUT2D eigenvalue weighted by molar-refractivity contribution is 6.31. The predicted octanol–water partition coefficient (Wildman–Crippen LogP) is 6.07. The number of para-hydroxylation sites is 1. The number of methoxy groups -OCH3 is 1. The molecule has 0 saturated carbocycles. The van der Waals surface area contributed by atoms with E-state index in [2.05, 4.69) is 48.1 Å². The average molecular weight is 396 g/mol. The van der Waals surface area contributed by atoms with E-state index in [0.717, 1.165) is 54.3 Å². The highest BCUT2D eigenvalue weighted by atomic mass is 35.5. The summed E-state index contributed by atoms with van der Waals surface area (Å²) >= 11 is 6.32. The fourth-order valence-corrected chi connectivity index (χ4v) is 4.10. The van der Waals surface area contributed by atoms with Gasteiger partial charge < -0.3 is 10.1 Å². The van der Waals surface area contributed by atoms with Crippen LogP contribution < -0.4 is 10.1 Å². The summed E-state index contributed by atoms with van der Waals surface area (Å²) in [5.41, 5.74) is 5.52.